The van der Waals surface area contributed by atoms with Crippen molar-refractivity contribution in [2.24, 2.45) is 7.05 Å². The first kappa shape index (κ1) is 17.5. The van der Waals surface area contributed by atoms with Crippen LogP contribution in [-0.2, 0) is 13.6 Å². The summed E-state index contributed by atoms with van der Waals surface area (Å²) >= 11 is 0. The maximum Gasteiger partial charge on any atom is 0.255 e. The lowest BCUT2D eigenvalue weighted by Crippen LogP contribution is -2.24. The van der Waals surface area contributed by atoms with Crippen LogP contribution >= 0.6 is 0 Å². The molecule has 26 heavy (non-hydrogen) atoms. The predicted molar refractivity (Wildman–Crippen MR) is 97.2 cm³/mol. The number of nitrogens with one attached hydrogen (secondary N) is 1. The van der Waals surface area contributed by atoms with Crippen LogP contribution in [0.1, 0.15) is 15.9 Å². The third-order valence-corrected chi connectivity index (χ3v) is 3.96. The van der Waals surface area contributed by atoms with Gasteiger partial charge in [-0.05, 0) is 23.8 Å². The van der Waals surface area contributed by atoms with Crippen molar-refractivity contribution >= 4 is 5.91 Å². The van der Waals surface area contributed by atoms with Crippen molar-refractivity contribution in [3.8, 4) is 22.8 Å². The second-order valence-electron chi connectivity index (χ2n) is 5.64. The largest absolute Gasteiger partial charge is 0.493 e. The highest BCUT2D eigenvalue weighted by Crippen LogP contribution is 2.30. The lowest BCUT2D eigenvalue weighted by Gasteiger charge is -2.13. The minimum absolute atomic E-state index is 0.248. The second kappa shape index (κ2) is 7.69. The summed E-state index contributed by atoms with van der Waals surface area (Å²) in [4.78, 5) is 17.1. The zero-order chi connectivity index (χ0) is 18.5. The van der Waals surface area contributed by atoms with Crippen molar-refractivity contribution in [1.82, 2.24) is 20.1 Å². The molecule has 0 saturated carbocycles. The molecule has 0 aliphatic heterocycles. The minimum Gasteiger partial charge on any atom is -0.493 e. The van der Waals surface area contributed by atoms with Crippen LogP contribution in [0.2, 0.25) is 0 Å². The van der Waals surface area contributed by atoms with Crippen LogP contribution in [-0.4, -0.2) is 34.9 Å². The maximum absolute atomic E-state index is 12.6. The number of nitrogens with zero attached hydrogens (tertiary/aromatic N) is 3. The molecular weight excluding hydrogens is 332 g/mol. The van der Waals surface area contributed by atoms with Crippen molar-refractivity contribution in [3.63, 3.8) is 0 Å². The van der Waals surface area contributed by atoms with Crippen molar-refractivity contribution < 1.29 is 14.3 Å². The number of methoxy groups -OCH3 is 2. The van der Waals surface area contributed by atoms with Gasteiger partial charge in [-0.3, -0.25) is 14.5 Å². The van der Waals surface area contributed by atoms with E-state index in [1.54, 1.807) is 35.3 Å². The van der Waals surface area contributed by atoms with E-state index < -0.39 is 0 Å². The number of ether oxygens (including phenoxy) is 2. The number of aromatic nitrogens is 3. The van der Waals surface area contributed by atoms with E-state index in [9.17, 15) is 4.79 Å². The molecule has 2 heterocycles. The molecule has 7 heteroatoms. The summed E-state index contributed by atoms with van der Waals surface area (Å²) in [6.45, 7) is 0.331. The Hall–Kier alpha value is -3.35. The molecule has 134 valence electrons. The van der Waals surface area contributed by atoms with Gasteiger partial charge in [-0.25, -0.2) is 0 Å². The minimum atomic E-state index is -0.248. The van der Waals surface area contributed by atoms with Crippen LogP contribution in [0, 0.1) is 0 Å². The SMILES string of the molecule is COc1cccc(C(=O)NCc2cccnc2-c2cnn(C)c2)c1OC. The summed E-state index contributed by atoms with van der Waals surface area (Å²) in [5.74, 6) is 0.672. The van der Waals surface area contributed by atoms with Gasteiger partial charge < -0.3 is 14.8 Å². The molecule has 2 aromatic heterocycles. The van der Waals surface area contributed by atoms with Crippen molar-refractivity contribution in [2.45, 2.75) is 6.54 Å². The summed E-state index contributed by atoms with van der Waals surface area (Å²) < 4.78 is 12.3. The van der Waals surface area contributed by atoms with Crippen molar-refractivity contribution in [3.05, 3.63) is 60.0 Å². The fourth-order valence-electron chi connectivity index (χ4n) is 2.72. The average molecular weight is 352 g/mol. The highest BCUT2D eigenvalue weighted by atomic mass is 16.5. The zero-order valence-corrected chi connectivity index (χ0v) is 14.9. The summed E-state index contributed by atoms with van der Waals surface area (Å²) in [6, 6.07) is 8.96. The molecule has 0 aliphatic rings. The number of rotatable bonds is 6. The van der Waals surface area contributed by atoms with E-state index in [1.807, 2.05) is 25.4 Å². The molecule has 0 bridgehead atoms. The molecule has 3 rings (SSSR count). The molecule has 0 aliphatic carbocycles. The molecule has 0 radical (unpaired) electrons. The molecule has 0 atom stereocenters. The first-order valence-electron chi connectivity index (χ1n) is 8.06. The molecule has 1 N–H and O–H groups in total. The van der Waals surface area contributed by atoms with E-state index in [-0.39, 0.29) is 5.91 Å². The molecule has 0 spiro atoms. The molecule has 7 nitrogen and oxygen atoms in total. The number of hydrogen-bond donors (Lipinski definition) is 1. The van der Waals surface area contributed by atoms with Gasteiger partial charge in [0.15, 0.2) is 11.5 Å². The number of amides is 1. The Morgan fingerprint density at radius 3 is 2.73 bits per heavy atom. The topological polar surface area (TPSA) is 78.3 Å². The molecular formula is C19H20N4O3. The summed E-state index contributed by atoms with van der Waals surface area (Å²) in [7, 11) is 4.90. The van der Waals surface area contributed by atoms with E-state index in [4.69, 9.17) is 9.47 Å². The first-order chi connectivity index (χ1) is 12.6. The lowest BCUT2D eigenvalue weighted by atomic mass is 10.1. The number of para-hydroxylation sites is 1. The van der Waals surface area contributed by atoms with Gasteiger partial charge >= 0.3 is 0 Å². The molecule has 0 unspecified atom stereocenters. The van der Waals surface area contributed by atoms with E-state index in [0.29, 0.717) is 23.6 Å². The van der Waals surface area contributed by atoms with Crippen LogP contribution in [0.15, 0.2) is 48.9 Å². The second-order valence-corrected chi connectivity index (χ2v) is 5.64. The zero-order valence-electron chi connectivity index (χ0n) is 14.9. The Kier molecular flexibility index (Phi) is 5.17. The molecule has 3 aromatic rings. The summed E-state index contributed by atoms with van der Waals surface area (Å²) in [5.41, 5.74) is 3.00. The molecule has 1 aromatic carbocycles. The third-order valence-electron chi connectivity index (χ3n) is 3.96. The monoisotopic (exact) mass is 352 g/mol. The highest BCUT2D eigenvalue weighted by molar-refractivity contribution is 5.97. The van der Waals surface area contributed by atoms with E-state index in [2.05, 4.69) is 15.4 Å². The smallest absolute Gasteiger partial charge is 0.255 e. The Morgan fingerprint density at radius 2 is 2.04 bits per heavy atom. The van der Waals surface area contributed by atoms with Gasteiger partial charge in [-0.2, -0.15) is 5.10 Å². The van der Waals surface area contributed by atoms with Crippen molar-refractivity contribution in [1.29, 1.82) is 0 Å². The van der Waals surface area contributed by atoms with E-state index in [0.717, 1.165) is 16.8 Å². The number of hydrogen-bond acceptors (Lipinski definition) is 5. The van der Waals surface area contributed by atoms with Gasteiger partial charge in [0.25, 0.3) is 5.91 Å². The van der Waals surface area contributed by atoms with Crippen LogP contribution in [0.25, 0.3) is 11.3 Å². The number of aryl methyl sites for hydroxylation is 1. The van der Waals surface area contributed by atoms with Gasteiger partial charge in [-0.15, -0.1) is 0 Å². The normalized spacial score (nSPS) is 10.4. The number of pyridine rings is 1. The van der Waals surface area contributed by atoms with E-state index >= 15 is 0 Å². The Bertz CT molecular complexity index is 921. The van der Waals surface area contributed by atoms with Gasteiger partial charge in [0.2, 0.25) is 0 Å². The third kappa shape index (κ3) is 3.51. The Labute approximate surface area is 151 Å². The molecule has 0 saturated heterocycles. The quantitative estimate of drug-likeness (QED) is 0.737. The van der Waals surface area contributed by atoms with Gasteiger partial charge in [0.1, 0.15) is 0 Å². The fourth-order valence-corrected chi connectivity index (χ4v) is 2.72. The van der Waals surface area contributed by atoms with Crippen LogP contribution in [0.3, 0.4) is 0 Å². The van der Waals surface area contributed by atoms with Crippen LogP contribution < -0.4 is 14.8 Å². The Morgan fingerprint density at radius 1 is 1.19 bits per heavy atom. The van der Waals surface area contributed by atoms with Gasteiger partial charge in [-0.1, -0.05) is 12.1 Å². The number of carbonyl (C=O) groups excluding carboxylic acids is 1. The Balaban J connectivity index is 1.81. The van der Waals surface area contributed by atoms with Gasteiger partial charge in [0, 0.05) is 31.5 Å². The van der Waals surface area contributed by atoms with E-state index in [1.165, 1.54) is 14.2 Å². The van der Waals surface area contributed by atoms with Gasteiger partial charge in [0.05, 0.1) is 31.7 Å². The van der Waals surface area contributed by atoms with Crippen molar-refractivity contribution in [2.75, 3.05) is 14.2 Å². The lowest BCUT2D eigenvalue weighted by molar-refractivity contribution is 0.0947. The highest BCUT2D eigenvalue weighted by Gasteiger charge is 2.17. The summed E-state index contributed by atoms with van der Waals surface area (Å²) in [5, 5.41) is 7.09. The number of benzene rings is 1. The number of carbonyl (C=O) groups is 1. The summed E-state index contributed by atoms with van der Waals surface area (Å²) in [6.07, 6.45) is 5.36. The molecule has 0 fully saturated rings. The maximum atomic E-state index is 12.6. The van der Waals surface area contributed by atoms with Crippen LogP contribution in [0.5, 0.6) is 11.5 Å². The standard InChI is InChI=1S/C19H20N4O3/c1-23-12-14(11-22-23)17-13(6-5-9-20-17)10-21-19(24)15-7-4-8-16(25-2)18(15)26-3/h4-9,11-12H,10H2,1-3H3,(H,21,24). The molecule has 1 amide bonds. The predicted octanol–water partition coefficient (Wildman–Crippen LogP) is 2.43. The fraction of sp³-hybridized carbons (Fsp3) is 0.211. The average Bonchev–Trinajstić information content (AvgIpc) is 3.11. The van der Waals surface area contributed by atoms with Crippen LogP contribution in [0.4, 0.5) is 0 Å². The first-order valence-corrected chi connectivity index (χ1v) is 8.06.